The summed E-state index contributed by atoms with van der Waals surface area (Å²) < 4.78 is 5.62. The molecule has 1 aromatic heterocycles. The molecule has 28 heavy (non-hydrogen) atoms. The number of hydrogen-bond donors (Lipinski definition) is 0. The van der Waals surface area contributed by atoms with Crippen molar-refractivity contribution >= 4 is 34.6 Å². The van der Waals surface area contributed by atoms with Gasteiger partial charge >= 0.3 is 0 Å². The lowest BCUT2D eigenvalue weighted by Gasteiger charge is -2.01. The summed E-state index contributed by atoms with van der Waals surface area (Å²) in [6, 6.07) is 14.9. The number of rotatable bonds is 5. The van der Waals surface area contributed by atoms with E-state index in [9.17, 15) is 25.5 Å². The van der Waals surface area contributed by atoms with Crippen LogP contribution >= 0.6 is 11.6 Å². The number of benzene rings is 2. The summed E-state index contributed by atoms with van der Waals surface area (Å²) in [5, 5.41) is 31.8. The average Bonchev–Trinajstić information content (AvgIpc) is 3.14. The molecule has 0 aliphatic rings. The third kappa shape index (κ3) is 3.90. The minimum Gasteiger partial charge on any atom is -0.456 e. The smallest absolute Gasteiger partial charge is 0.281 e. The molecule has 1 heterocycles. The van der Waals surface area contributed by atoms with Crippen molar-refractivity contribution in [3.63, 3.8) is 0 Å². The second-order valence-electron chi connectivity index (χ2n) is 5.60. The predicted molar refractivity (Wildman–Crippen MR) is 102 cm³/mol. The molecule has 0 saturated heterocycles. The van der Waals surface area contributed by atoms with E-state index in [0.717, 1.165) is 0 Å². The van der Waals surface area contributed by atoms with Crippen molar-refractivity contribution < 1.29 is 14.3 Å². The van der Waals surface area contributed by atoms with Gasteiger partial charge in [-0.3, -0.25) is 20.2 Å². The van der Waals surface area contributed by atoms with Crippen LogP contribution in [0.25, 0.3) is 23.0 Å². The Balaban J connectivity index is 2.00. The van der Waals surface area contributed by atoms with Crippen LogP contribution in [0.4, 0.5) is 11.4 Å². The van der Waals surface area contributed by atoms with Crippen molar-refractivity contribution in [1.29, 1.82) is 5.26 Å². The zero-order valence-electron chi connectivity index (χ0n) is 14.0. The summed E-state index contributed by atoms with van der Waals surface area (Å²) in [4.78, 5) is 21.0. The van der Waals surface area contributed by atoms with Gasteiger partial charge in [-0.15, -0.1) is 0 Å². The largest absolute Gasteiger partial charge is 0.456 e. The Morgan fingerprint density at radius 2 is 1.86 bits per heavy atom. The number of non-ortho nitro benzene ring substituents is 1. The molecule has 8 nitrogen and oxygen atoms in total. The molecule has 3 rings (SSSR count). The maximum Gasteiger partial charge on any atom is 0.281 e. The van der Waals surface area contributed by atoms with Crippen molar-refractivity contribution in [3.8, 4) is 17.4 Å². The number of furan rings is 1. The van der Waals surface area contributed by atoms with Gasteiger partial charge in [-0.2, -0.15) is 5.26 Å². The number of halogens is 1. The second-order valence-corrected chi connectivity index (χ2v) is 6.03. The first kappa shape index (κ1) is 18.8. The van der Waals surface area contributed by atoms with E-state index in [1.54, 1.807) is 12.1 Å². The molecule has 0 aliphatic carbocycles. The Labute approximate surface area is 163 Å². The van der Waals surface area contributed by atoms with Crippen molar-refractivity contribution in [2.24, 2.45) is 0 Å². The first-order valence-corrected chi connectivity index (χ1v) is 8.17. The summed E-state index contributed by atoms with van der Waals surface area (Å²) in [5.41, 5.74) is 0.386. The second kappa shape index (κ2) is 7.73. The van der Waals surface area contributed by atoms with Crippen LogP contribution in [0.15, 0.2) is 59.0 Å². The Morgan fingerprint density at radius 3 is 2.54 bits per heavy atom. The molecular weight excluding hydrogens is 386 g/mol. The van der Waals surface area contributed by atoms with Gasteiger partial charge < -0.3 is 4.42 Å². The van der Waals surface area contributed by atoms with Gasteiger partial charge in [0.25, 0.3) is 11.4 Å². The Kier molecular flexibility index (Phi) is 5.20. The van der Waals surface area contributed by atoms with Crippen LogP contribution in [0.3, 0.4) is 0 Å². The standard InChI is InChI=1S/C19H10ClN3O5/c20-14-4-6-17(18(10-14)23(26)27)19-7-5-16(28-19)9-13(11-21)12-2-1-3-15(8-12)22(24)25/h1-10H/b13-9-. The molecule has 0 amide bonds. The number of nitriles is 1. The number of nitro benzene ring substituents is 2. The number of allylic oxidation sites excluding steroid dienone is 1. The minimum absolute atomic E-state index is 0.143. The highest BCUT2D eigenvalue weighted by atomic mass is 35.5. The average molecular weight is 396 g/mol. The van der Waals surface area contributed by atoms with Gasteiger partial charge in [-0.25, -0.2) is 0 Å². The zero-order chi connectivity index (χ0) is 20.3. The van der Waals surface area contributed by atoms with Crippen molar-refractivity contribution in [2.45, 2.75) is 0 Å². The Morgan fingerprint density at radius 1 is 1.07 bits per heavy atom. The molecule has 0 radical (unpaired) electrons. The van der Waals surface area contributed by atoms with Crippen LogP contribution < -0.4 is 0 Å². The molecule has 0 saturated carbocycles. The summed E-state index contributed by atoms with van der Waals surface area (Å²) in [7, 11) is 0. The lowest BCUT2D eigenvalue weighted by molar-refractivity contribution is -0.384. The number of nitro groups is 2. The molecule has 0 fully saturated rings. The van der Waals surface area contributed by atoms with Crippen LogP contribution in [0, 0.1) is 31.6 Å². The van der Waals surface area contributed by atoms with Gasteiger partial charge in [0.1, 0.15) is 11.5 Å². The number of hydrogen-bond acceptors (Lipinski definition) is 6. The quantitative estimate of drug-likeness (QED) is 0.320. The maximum absolute atomic E-state index is 11.2. The Hall–Kier alpha value is -3.96. The molecule has 138 valence electrons. The van der Waals surface area contributed by atoms with Gasteiger partial charge in [0.15, 0.2) is 0 Å². The van der Waals surface area contributed by atoms with Crippen molar-refractivity contribution in [2.75, 3.05) is 0 Å². The fourth-order valence-electron chi connectivity index (χ4n) is 2.55. The highest BCUT2D eigenvalue weighted by molar-refractivity contribution is 6.30. The normalized spacial score (nSPS) is 11.1. The summed E-state index contributed by atoms with van der Waals surface area (Å²) in [6.45, 7) is 0. The highest BCUT2D eigenvalue weighted by Crippen LogP contribution is 2.34. The van der Waals surface area contributed by atoms with Crippen LogP contribution in [0.2, 0.25) is 5.02 Å². The third-order valence-corrected chi connectivity index (χ3v) is 4.06. The fourth-order valence-corrected chi connectivity index (χ4v) is 2.72. The summed E-state index contributed by atoms with van der Waals surface area (Å²) >= 11 is 5.82. The molecule has 0 bridgehead atoms. The SMILES string of the molecule is N#C/C(=C/c1ccc(-c2ccc(Cl)cc2[N+](=O)[O-])o1)c1cccc([N+](=O)[O-])c1. The monoisotopic (exact) mass is 395 g/mol. The molecular formula is C19H10ClN3O5. The first-order chi connectivity index (χ1) is 13.4. The molecule has 3 aromatic rings. The molecule has 0 spiro atoms. The summed E-state index contributed by atoms with van der Waals surface area (Å²) in [5.74, 6) is 0.494. The molecule has 0 atom stereocenters. The van der Waals surface area contributed by atoms with Crippen LogP contribution in [-0.2, 0) is 0 Å². The van der Waals surface area contributed by atoms with E-state index in [1.165, 1.54) is 48.5 Å². The highest BCUT2D eigenvalue weighted by Gasteiger charge is 2.19. The molecule has 9 heteroatoms. The van der Waals surface area contributed by atoms with Crippen molar-refractivity contribution in [1.82, 2.24) is 0 Å². The van der Waals surface area contributed by atoms with Crippen LogP contribution in [0.5, 0.6) is 0 Å². The van der Waals surface area contributed by atoms with Crippen molar-refractivity contribution in [3.05, 3.63) is 91.2 Å². The van der Waals surface area contributed by atoms with Gasteiger partial charge in [-0.1, -0.05) is 23.7 Å². The maximum atomic E-state index is 11.2. The fraction of sp³-hybridized carbons (Fsp3) is 0. The third-order valence-electron chi connectivity index (χ3n) is 3.82. The molecule has 2 aromatic carbocycles. The predicted octanol–water partition coefficient (Wildman–Crippen LogP) is 5.48. The van der Waals surface area contributed by atoms with E-state index in [4.69, 9.17) is 16.0 Å². The first-order valence-electron chi connectivity index (χ1n) is 7.80. The summed E-state index contributed by atoms with van der Waals surface area (Å²) in [6.07, 6.45) is 1.41. The topological polar surface area (TPSA) is 123 Å². The van der Waals surface area contributed by atoms with Gasteiger partial charge in [0.05, 0.1) is 27.1 Å². The van der Waals surface area contributed by atoms with E-state index >= 15 is 0 Å². The minimum atomic E-state index is -0.566. The van der Waals surface area contributed by atoms with Crippen LogP contribution in [0.1, 0.15) is 11.3 Å². The van der Waals surface area contributed by atoms with Gasteiger partial charge in [0, 0.05) is 23.2 Å². The van der Waals surface area contributed by atoms with E-state index < -0.39 is 9.85 Å². The lowest BCUT2D eigenvalue weighted by atomic mass is 10.1. The van der Waals surface area contributed by atoms with Gasteiger partial charge in [0.2, 0.25) is 0 Å². The van der Waals surface area contributed by atoms with E-state index in [-0.39, 0.29) is 39.1 Å². The van der Waals surface area contributed by atoms with E-state index in [2.05, 4.69) is 0 Å². The molecule has 0 N–H and O–H groups in total. The molecule has 0 unspecified atom stereocenters. The number of nitrogens with zero attached hydrogens (tertiary/aromatic N) is 3. The van der Waals surface area contributed by atoms with Crippen LogP contribution in [-0.4, -0.2) is 9.85 Å². The van der Waals surface area contributed by atoms with E-state index in [1.807, 2.05) is 6.07 Å². The molecule has 0 aliphatic heterocycles. The zero-order valence-corrected chi connectivity index (χ0v) is 14.8. The Bertz CT molecular complexity index is 1160. The van der Waals surface area contributed by atoms with E-state index in [0.29, 0.717) is 5.56 Å². The van der Waals surface area contributed by atoms with Gasteiger partial charge in [-0.05, 0) is 35.9 Å². The lowest BCUT2D eigenvalue weighted by Crippen LogP contribution is -1.91.